The Kier molecular flexibility index (Phi) is 2.63. The highest BCUT2D eigenvalue weighted by molar-refractivity contribution is 7.04. The third-order valence-corrected chi connectivity index (χ3v) is 8.05. The summed E-state index contributed by atoms with van der Waals surface area (Å²) in [6.07, 6.45) is 1.95. The summed E-state index contributed by atoms with van der Waals surface area (Å²) in [5, 5.41) is 3.02. The normalized spacial score (nSPS) is 14.6. The second-order valence-corrected chi connectivity index (χ2v) is 10.4. The summed E-state index contributed by atoms with van der Waals surface area (Å²) in [6.45, 7) is 4.87. The predicted octanol–water partition coefficient (Wildman–Crippen LogP) is 3.55. The van der Waals surface area contributed by atoms with E-state index in [0.29, 0.717) is 0 Å². The number of nitrogens with zero attached hydrogens (tertiary/aromatic N) is 1. The van der Waals surface area contributed by atoms with E-state index in [0.717, 1.165) is 0 Å². The average Bonchev–Trinajstić information content (AvgIpc) is 2.77. The van der Waals surface area contributed by atoms with Gasteiger partial charge in [-0.15, -0.1) is 0 Å². The van der Waals surface area contributed by atoms with Crippen molar-refractivity contribution in [3.05, 3.63) is 66.9 Å². The molecule has 0 spiro atoms. The van der Waals surface area contributed by atoms with Crippen LogP contribution in [0.5, 0.6) is 0 Å². The smallest absolute Gasteiger partial charge is 0.116 e. The summed E-state index contributed by atoms with van der Waals surface area (Å²) in [5.74, 6) is 0. The van der Waals surface area contributed by atoms with E-state index in [2.05, 4.69) is 73.8 Å². The summed E-state index contributed by atoms with van der Waals surface area (Å²) in [7, 11) is -1.67. The highest BCUT2D eigenvalue weighted by atomic mass is 28.3. The fraction of sp³-hybridized carbons (Fsp3) is 0.105. The van der Waals surface area contributed by atoms with Gasteiger partial charge < -0.3 is 0 Å². The number of hydrogen-bond acceptors (Lipinski definition) is 1. The van der Waals surface area contributed by atoms with Crippen molar-refractivity contribution in [2.75, 3.05) is 0 Å². The molecule has 0 atom stereocenters. The van der Waals surface area contributed by atoms with Crippen molar-refractivity contribution in [1.29, 1.82) is 0 Å². The van der Waals surface area contributed by atoms with Gasteiger partial charge in [0.15, 0.2) is 0 Å². The van der Waals surface area contributed by atoms with Crippen molar-refractivity contribution >= 4 is 18.4 Å². The van der Waals surface area contributed by atoms with Crippen molar-refractivity contribution in [1.82, 2.24) is 4.98 Å². The zero-order chi connectivity index (χ0) is 14.4. The molecular formula is C19H17NSi. The molecule has 2 heteroatoms. The van der Waals surface area contributed by atoms with E-state index >= 15 is 0 Å². The third kappa shape index (κ3) is 1.72. The maximum absolute atomic E-state index is 4.73. The van der Waals surface area contributed by atoms with Crippen molar-refractivity contribution in [3.63, 3.8) is 0 Å². The number of hydrogen-bond donors (Lipinski definition) is 0. The van der Waals surface area contributed by atoms with Crippen LogP contribution in [0.15, 0.2) is 66.9 Å². The van der Waals surface area contributed by atoms with Gasteiger partial charge >= 0.3 is 0 Å². The van der Waals surface area contributed by atoms with Gasteiger partial charge in [-0.25, -0.2) is 0 Å². The minimum atomic E-state index is -1.67. The minimum absolute atomic E-state index is 1.17. The number of benzene rings is 2. The van der Waals surface area contributed by atoms with Gasteiger partial charge in [-0.05, 0) is 27.6 Å². The van der Waals surface area contributed by atoms with Crippen LogP contribution < -0.4 is 10.4 Å². The van der Waals surface area contributed by atoms with Gasteiger partial charge in [0.25, 0.3) is 0 Å². The molecule has 1 aliphatic heterocycles. The number of fused-ring (bicyclic) bond motifs is 3. The van der Waals surface area contributed by atoms with Crippen LogP contribution in [0.4, 0.5) is 0 Å². The van der Waals surface area contributed by atoms with Crippen molar-refractivity contribution < 1.29 is 0 Å². The highest BCUT2D eigenvalue weighted by Crippen LogP contribution is 2.31. The van der Waals surface area contributed by atoms with Crippen molar-refractivity contribution in [3.8, 4) is 22.4 Å². The Morgan fingerprint density at radius 3 is 2.29 bits per heavy atom. The average molecular weight is 287 g/mol. The second kappa shape index (κ2) is 4.40. The molecular weight excluding hydrogens is 270 g/mol. The van der Waals surface area contributed by atoms with Gasteiger partial charge in [0.05, 0.1) is 5.69 Å². The molecule has 4 rings (SSSR count). The molecule has 0 bridgehead atoms. The molecule has 102 valence electrons. The van der Waals surface area contributed by atoms with Crippen LogP contribution in [-0.2, 0) is 0 Å². The number of aromatic nitrogens is 1. The Labute approximate surface area is 126 Å². The van der Waals surface area contributed by atoms with Crippen LogP contribution in [0.3, 0.4) is 0 Å². The monoisotopic (exact) mass is 287 g/mol. The van der Waals surface area contributed by atoms with Gasteiger partial charge in [0.2, 0.25) is 0 Å². The predicted molar refractivity (Wildman–Crippen MR) is 91.9 cm³/mol. The van der Waals surface area contributed by atoms with Crippen molar-refractivity contribution in [2.45, 2.75) is 13.1 Å². The van der Waals surface area contributed by atoms with Crippen molar-refractivity contribution in [2.24, 2.45) is 0 Å². The third-order valence-electron chi connectivity index (χ3n) is 4.51. The molecule has 3 aromatic rings. The van der Waals surface area contributed by atoms with E-state index in [-0.39, 0.29) is 0 Å². The van der Waals surface area contributed by atoms with E-state index in [1.54, 1.807) is 0 Å². The standard InChI is InChI=1S/C19H17NSi/c1-21(2)17-11-7-6-10-15(17)16-12-13-20-18(19(16)21)14-8-4-3-5-9-14/h3-13H,1-2H3. The summed E-state index contributed by atoms with van der Waals surface area (Å²) in [4.78, 5) is 4.73. The van der Waals surface area contributed by atoms with Crippen LogP contribution in [0.2, 0.25) is 13.1 Å². The Morgan fingerprint density at radius 1 is 0.762 bits per heavy atom. The Hall–Kier alpha value is -2.19. The molecule has 1 aliphatic rings. The zero-order valence-corrected chi connectivity index (χ0v) is 13.3. The van der Waals surface area contributed by atoms with Gasteiger partial charge in [-0.3, -0.25) is 4.98 Å². The van der Waals surface area contributed by atoms with E-state index in [4.69, 9.17) is 4.98 Å². The summed E-state index contributed by atoms with van der Waals surface area (Å²) in [5.41, 5.74) is 5.18. The minimum Gasteiger partial charge on any atom is -0.256 e. The van der Waals surface area contributed by atoms with Crippen LogP contribution in [0.1, 0.15) is 0 Å². The molecule has 21 heavy (non-hydrogen) atoms. The summed E-state index contributed by atoms with van der Waals surface area (Å²) < 4.78 is 0. The lowest BCUT2D eigenvalue weighted by molar-refractivity contribution is 1.34. The molecule has 0 saturated carbocycles. The second-order valence-electron chi connectivity index (χ2n) is 6.12. The Bertz CT molecular complexity index is 822. The fourth-order valence-corrected chi connectivity index (χ4v) is 6.90. The van der Waals surface area contributed by atoms with Gasteiger partial charge in [0.1, 0.15) is 8.07 Å². The first-order chi connectivity index (χ1) is 10.2. The first-order valence-corrected chi connectivity index (χ1v) is 10.3. The maximum atomic E-state index is 4.73. The Balaban J connectivity index is 2.06. The molecule has 1 nitrogen and oxygen atoms in total. The first kappa shape index (κ1) is 12.5. The van der Waals surface area contributed by atoms with Crippen LogP contribution in [0.25, 0.3) is 22.4 Å². The largest absolute Gasteiger partial charge is 0.256 e. The lowest BCUT2D eigenvalue weighted by Crippen LogP contribution is -2.50. The summed E-state index contributed by atoms with van der Waals surface area (Å²) >= 11 is 0. The highest BCUT2D eigenvalue weighted by Gasteiger charge is 2.39. The molecule has 0 aliphatic carbocycles. The van der Waals surface area contributed by atoms with Crippen LogP contribution in [-0.4, -0.2) is 13.1 Å². The number of rotatable bonds is 1. The van der Waals surface area contributed by atoms with E-state index in [1.165, 1.54) is 32.8 Å². The van der Waals surface area contributed by atoms with Crippen LogP contribution in [0, 0.1) is 0 Å². The molecule has 0 N–H and O–H groups in total. The van der Waals surface area contributed by atoms with E-state index in [1.807, 2.05) is 6.20 Å². The first-order valence-electron chi connectivity index (χ1n) is 7.34. The molecule has 0 radical (unpaired) electrons. The van der Waals surface area contributed by atoms with E-state index < -0.39 is 8.07 Å². The molecule has 2 heterocycles. The quantitative estimate of drug-likeness (QED) is 0.624. The molecule has 2 aromatic carbocycles. The topological polar surface area (TPSA) is 12.9 Å². The molecule has 0 saturated heterocycles. The van der Waals surface area contributed by atoms with Gasteiger partial charge in [-0.2, -0.15) is 0 Å². The summed E-state index contributed by atoms with van der Waals surface area (Å²) in [6, 6.07) is 21.6. The Morgan fingerprint density at radius 2 is 1.48 bits per heavy atom. The van der Waals surface area contributed by atoms with Gasteiger partial charge in [0, 0.05) is 11.8 Å². The van der Waals surface area contributed by atoms with Crippen LogP contribution >= 0.6 is 0 Å². The fourth-order valence-electron chi connectivity index (χ4n) is 3.53. The maximum Gasteiger partial charge on any atom is 0.116 e. The molecule has 1 aromatic heterocycles. The number of pyridine rings is 1. The zero-order valence-electron chi connectivity index (χ0n) is 12.3. The SMILES string of the molecule is C[Si]1(C)c2ccccc2-c2ccnc(-c3ccccc3)c21. The van der Waals surface area contributed by atoms with Gasteiger partial charge in [-0.1, -0.05) is 67.7 Å². The molecule has 0 unspecified atom stereocenters. The lowest BCUT2D eigenvalue weighted by atomic mass is 10.0. The molecule has 0 fully saturated rings. The molecule has 0 amide bonds. The van der Waals surface area contributed by atoms with E-state index in [9.17, 15) is 0 Å². The lowest BCUT2D eigenvalue weighted by Gasteiger charge is -2.21.